The Hall–Kier alpha value is -2.66. The van der Waals surface area contributed by atoms with E-state index in [0.29, 0.717) is 57.5 Å². The first kappa shape index (κ1) is 23.5. The zero-order valence-electron chi connectivity index (χ0n) is 18.6. The molecule has 2 saturated heterocycles. The Kier molecular flexibility index (Phi) is 6.37. The monoisotopic (exact) mass is 467 g/mol. The second-order valence-electron chi connectivity index (χ2n) is 9.22. The van der Waals surface area contributed by atoms with Crippen LogP contribution in [0.25, 0.3) is 0 Å². The molecule has 33 heavy (non-hydrogen) atoms. The van der Waals surface area contributed by atoms with Crippen molar-refractivity contribution in [1.82, 2.24) is 19.9 Å². The summed E-state index contributed by atoms with van der Waals surface area (Å²) in [6.45, 7) is 6.24. The molecule has 2 fully saturated rings. The van der Waals surface area contributed by atoms with Gasteiger partial charge in [0.15, 0.2) is 5.82 Å². The summed E-state index contributed by atoms with van der Waals surface area (Å²) in [5, 5.41) is 4.10. The molecule has 2 atom stereocenters. The number of aromatic nitrogens is 2. The number of likely N-dealkylation sites (tertiary alicyclic amines) is 1. The Labute approximate surface area is 189 Å². The number of ether oxygens (including phenoxy) is 1. The highest BCUT2D eigenvalue weighted by molar-refractivity contribution is 5.75. The predicted molar refractivity (Wildman–Crippen MR) is 112 cm³/mol. The summed E-state index contributed by atoms with van der Waals surface area (Å²) in [5.74, 6) is 0.319. The molecule has 0 bridgehead atoms. The molecule has 0 radical (unpaired) electrons. The topological polar surface area (TPSA) is 97.7 Å². The van der Waals surface area contributed by atoms with Crippen LogP contribution in [-0.4, -0.2) is 65.4 Å². The number of hydrogen-bond acceptors (Lipinski definition) is 6. The third kappa shape index (κ3) is 5.30. The van der Waals surface area contributed by atoms with Gasteiger partial charge in [0.1, 0.15) is 0 Å². The minimum Gasteiger partial charge on any atom is -0.378 e. The summed E-state index contributed by atoms with van der Waals surface area (Å²) in [6, 6.07) is 5.01. The number of alkyl halides is 3. The number of carbonyl (C=O) groups excluding carboxylic acids is 1. The van der Waals surface area contributed by atoms with Crippen molar-refractivity contribution in [3.05, 3.63) is 47.1 Å². The summed E-state index contributed by atoms with van der Waals surface area (Å²) < 4.78 is 49.7. The maximum Gasteiger partial charge on any atom is 0.416 e. The molecule has 1 aromatic carbocycles. The molecule has 180 valence electrons. The Morgan fingerprint density at radius 2 is 1.70 bits per heavy atom. The number of halogens is 3. The molecule has 0 aliphatic carbocycles. The van der Waals surface area contributed by atoms with Crippen LogP contribution < -0.4 is 5.73 Å². The van der Waals surface area contributed by atoms with Gasteiger partial charge in [0.05, 0.1) is 24.3 Å². The van der Waals surface area contributed by atoms with Crippen LogP contribution in [0.3, 0.4) is 0 Å². The number of nitrogens with two attached hydrogens (primary N) is 1. The van der Waals surface area contributed by atoms with Gasteiger partial charge in [0, 0.05) is 38.0 Å². The van der Waals surface area contributed by atoms with E-state index in [1.807, 2.05) is 0 Å². The lowest BCUT2D eigenvalue weighted by Crippen LogP contribution is -2.52. The van der Waals surface area contributed by atoms with Crippen molar-refractivity contribution < 1.29 is 27.2 Å². The van der Waals surface area contributed by atoms with Gasteiger partial charge in [0.25, 0.3) is 0 Å². The lowest BCUT2D eigenvalue weighted by molar-refractivity contribution is -0.137. The summed E-state index contributed by atoms with van der Waals surface area (Å²) in [4.78, 5) is 21.1. The zero-order valence-corrected chi connectivity index (χ0v) is 18.6. The molecular weight excluding hydrogens is 439 g/mol. The van der Waals surface area contributed by atoms with Crippen LogP contribution in [0.4, 0.5) is 18.0 Å². The van der Waals surface area contributed by atoms with Crippen molar-refractivity contribution in [2.75, 3.05) is 39.4 Å². The van der Waals surface area contributed by atoms with Crippen LogP contribution >= 0.6 is 0 Å². The molecule has 4 rings (SSSR count). The first-order valence-corrected chi connectivity index (χ1v) is 10.9. The fourth-order valence-electron chi connectivity index (χ4n) is 4.25. The van der Waals surface area contributed by atoms with E-state index in [9.17, 15) is 18.0 Å². The molecule has 11 heteroatoms. The summed E-state index contributed by atoms with van der Waals surface area (Å²) in [5.41, 5.74) is 5.29. The average molecular weight is 467 g/mol. The van der Waals surface area contributed by atoms with Gasteiger partial charge in [-0.25, -0.2) is 4.79 Å². The average Bonchev–Trinajstić information content (AvgIpc) is 3.29. The molecule has 2 N–H and O–H groups in total. The second-order valence-corrected chi connectivity index (χ2v) is 9.22. The molecule has 0 spiro atoms. The molecule has 2 amide bonds. The SMILES string of the molecule is CC(C)(N)c1nc(C2CC(c3ccc(C(F)(F)F)cc3)CN(C(=O)N3CCOCC3)C2)no1. The van der Waals surface area contributed by atoms with Crippen molar-refractivity contribution in [2.24, 2.45) is 5.73 Å². The summed E-state index contributed by atoms with van der Waals surface area (Å²) in [6.07, 6.45) is -3.83. The molecule has 1 aromatic heterocycles. The smallest absolute Gasteiger partial charge is 0.378 e. The van der Waals surface area contributed by atoms with Crippen molar-refractivity contribution in [1.29, 1.82) is 0 Å². The van der Waals surface area contributed by atoms with E-state index in [-0.39, 0.29) is 17.9 Å². The number of rotatable bonds is 3. The summed E-state index contributed by atoms with van der Waals surface area (Å²) in [7, 11) is 0. The quantitative estimate of drug-likeness (QED) is 0.744. The number of urea groups is 1. The van der Waals surface area contributed by atoms with Crippen LogP contribution in [0, 0.1) is 0 Å². The van der Waals surface area contributed by atoms with E-state index in [1.54, 1.807) is 23.6 Å². The largest absolute Gasteiger partial charge is 0.416 e. The minimum absolute atomic E-state index is 0.122. The van der Waals surface area contributed by atoms with E-state index in [0.717, 1.165) is 17.7 Å². The number of hydrogen-bond donors (Lipinski definition) is 1. The van der Waals surface area contributed by atoms with Crippen LogP contribution in [-0.2, 0) is 16.5 Å². The number of benzene rings is 1. The third-order valence-corrected chi connectivity index (χ3v) is 6.07. The predicted octanol–water partition coefficient (Wildman–Crippen LogP) is 3.31. The molecule has 2 aliphatic rings. The standard InChI is InChI=1S/C22H28F3N5O3/c1-21(2,26)19-27-18(28-33-19)16-11-15(14-3-5-17(6-4-14)22(23,24)25)12-30(13-16)20(31)29-7-9-32-10-8-29/h3-6,15-16H,7-13,26H2,1-2H3. The first-order chi connectivity index (χ1) is 15.5. The first-order valence-electron chi connectivity index (χ1n) is 10.9. The maximum absolute atomic E-state index is 13.2. The van der Waals surface area contributed by atoms with E-state index in [4.69, 9.17) is 15.0 Å². The van der Waals surface area contributed by atoms with Gasteiger partial charge in [-0.15, -0.1) is 0 Å². The fourth-order valence-corrected chi connectivity index (χ4v) is 4.25. The number of carbonyl (C=O) groups is 1. The Morgan fingerprint density at radius 1 is 1.06 bits per heavy atom. The molecule has 2 aliphatic heterocycles. The van der Waals surface area contributed by atoms with Crippen molar-refractivity contribution in [3.63, 3.8) is 0 Å². The highest BCUT2D eigenvalue weighted by atomic mass is 19.4. The normalized spacial score (nSPS) is 22.5. The van der Waals surface area contributed by atoms with Crippen molar-refractivity contribution >= 4 is 6.03 Å². The van der Waals surface area contributed by atoms with E-state index >= 15 is 0 Å². The van der Waals surface area contributed by atoms with Crippen molar-refractivity contribution in [2.45, 2.75) is 43.8 Å². The third-order valence-electron chi connectivity index (χ3n) is 6.07. The number of piperidine rings is 1. The Bertz CT molecular complexity index is 965. The maximum atomic E-state index is 13.2. The van der Waals surface area contributed by atoms with Gasteiger partial charge in [0.2, 0.25) is 5.89 Å². The highest BCUT2D eigenvalue weighted by Gasteiger charge is 2.37. The Balaban J connectivity index is 1.60. The van der Waals surface area contributed by atoms with Gasteiger partial charge < -0.3 is 24.8 Å². The van der Waals surface area contributed by atoms with Crippen LogP contribution in [0.5, 0.6) is 0 Å². The number of morpholine rings is 1. The molecule has 2 unspecified atom stereocenters. The van der Waals surface area contributed by atoms with Gasteiger partial charge in [-0.1, -0.05) is 17.3 Å². The molecule has 2 aromatic rings. The molecule has 3 heterocycles. The molecule has 8 nitrogen and oxygen atoms in total. The van der Waals surface area contributed by atoms with Gasteiger partial charge in [-0.2, -0.15) is 18.2 Å². The van der Waals surface area contributed by atoms with E-state index in [1.165, 1.54) is 12.1 Å². The highest BCUT2D eigenvalue weighted by Crippen LogP contribution is 2.37. The minimum atomic E-state index is -4.40. The van der Waals surface area contributed by atoms with Gasteiger partial charge >= 0.3 is 12.2 Å². The lowest BCUT2D eigenvalue weighted by Gasteiger charge is -2.40. The molecular formula is C22H28F3N5O3. The van der Waals surface area contributed by atoms with Crippen LogP contribution in [0.15, 0.2) is 28.8 Å². The van der Waals surface area contributed by atoms with E-state index in [2.05, 4.69) is 10.1 Å². The van der Waals surface area contributed by atoms with Crippen LogP contribution in [0.2, 0.25) is 0 Å². The number of nitrogens with zero attached hydrogens (tertiary/aromatic N) is 4. The Morgan fingerprint density at radius 3 is 2.27 bits per heavy atom. The number of amides is 2. The fraction of sp³-hybridized carbons (Fsp3) is 0.591. The molecule has 0 saturated carbocycles. The second kappa shape index (κ2) is 8.94. The summed E-state index contributed by atoms with van der Waals surface area (Å²) >= 11 is 0. The van der Waals surface area contributed by atoms with E-state index < -0.39 is 17.3 Å². The zero-order chi connectivity index (χ0) is 23.8. The lowest BCUT2D eigenvalue weighted by atomic mass is 9.84. The van der Waals surface area contributed by atoms with Gasteiger partial charge in [-0.3, -0.25) is 0 Å². The van der Waals surface area contributed by atoms with Gasteiger partial charge in [-0.05, 0) is 38.0 Å². The van der Waals surface area contributed by atoms with Crippen LogP contribution in [0.1, 0.15) is 54.9 Å². The van der Waals surface area contributed by atoms with Crippen molar-refractivity contribution in [3.8, 4) is 0 Å².